The molecule has 402 valence electrons. The molecule has 0 bridgehead atoms. The summed E-state index contributed by atoms with van der Waals surface area (Å²) in [6.07, 6.45) is 0. The quantitative estimate of drug-likeness (QED) is 0.154. The van der Waals surface area contributed by atoms with Crippen molar-refractivity contribution < 1.29 is 0 Å². The SMILES string of the molecule is CC(C)(C)c1ccc2c(c1)C1(c3ccccc3-c3ccc(N(c4ccc(-c5ccccc5)cc4)c4ccc5c(c4)c4cc(C6(c7ccccc7)c7ccccc7-c7ccccc76)ccc4n5-c4ccccc4)cc31)c1cc(C(C)(C)C)ccc1-2. The molecule has 3 aliphatic carbocycles. The van der Waals surface area contributed by atoms with Crippen molar-refractivity contribution in [1.82, 2.24) is 4.57 Å². The summed E-state index contributed by atoms with van der Waals surface area (Å²) in [7, 11) is 0. The number of hydrogen-bond acceptors (Lipinski definition) is 1. The lowest BCUT2D eigenvalue weighted by Gasteiger charge is -2.34. The summed E-state index contributed by atoms with van der Waals surface area (Å²) in [5.74, 6) is 0. The molecule has 84 heavy (non-hydrogen) atoms. The first-order chi connectivity index (χ1) is 40.9. The molecule has 0 aliphatic heterocycles. The Labute approximate surface area is 493 Å². The van der Waals surface area contributed by atoms with Crippen molar-refractivity contribution in [3.63, 3.8) is 0 Å². The summed E-state index contributed by atoms with van der Waals surface area (Å²) in [5, 5.41) is 2.39. The van der Waals surface area contributed by atoms with Crippen LogP contribution in [0.5, 0.6) is 0 Å². The Morgan fingerprint density at radius 1 is 0.286 bits per heavy atom. The molecule has 0 atom stereocenters. The molecule has 16 rings (SSSR count). The van der Waals surface area contributed by atoms with Crippen molar-refractivity contribution in [2.24, 2.45) is 0 Å². The molecular formula is C82H64N2. The van der Waals surface area contributed by atoms with Gasteiger partial charge in [0, 0.05) is 33.5 Å². The molecule has 1 aromatic heterocycles. The van der Waals surface area contributed by atoms with Gasteiger partial charge in [-0.1, -0.05) is 254 Å². The Balaban J connectivity index is 0.968. The minimum atomic E-state index is -0.562. The molecule has 0 unspecified atom stereocenters. The van der Waals surface area contributed by atoms with E-state index in [0.29, 0.717) is 0 Å². The van der Waals surface area contributed by atoms with Crippen LogP contribution >= 0.6 is 0 Å². The van der Waals surface area contributed by atoms with E-state index in [2.05, 4.69) is 330 Å². The summed E-state index contributed by atoms with van der Waals surface area (Å²) in [6, 6.07) is 106. The Bertz CT molecular complexity index is 4670. The molecule has 1 spiro atoms. The van der Waals surface area contributed by atoms with Gasteiger partial charge in [0.25, 0.3) is 0 Å². The first-order valence-corrected chi connectivity index (χ1v) is 29.8. The van der Waals surface area contributed by atoms with Crippen LogP contribution in [0.15, 0.2) is 279 Å². The fraction of sp³-hybridized carbons (Fsp3) is 0.122. The number of aromatic nitrogens is 1. The van der Waals surface area contributed by atoms with E-state index in [1.807, 2.05) is 0 Å². The van der Waals surface area contributed by atoms with Gasteiger partial charge in [-0.25, -0.2) is 0 Å². The zero-order valence-electron chi connectivity index (χ0n) is 48.5. The third kappa shape index (κ3) is 7.16. The predicted octanol–water partition coefficient (Wildman–Crippen LogP) is 21.2. The zero-order valence-corrected chi connectivity index (χ0v) is 48.5. The number of fused-ring (bicyclic) bond motifs is 16. The second-order valence-corrected chi connectivity index (χ2v) is 25.6. The van der Waals surface area contributed by atoms with Crippen LogP contribution in [0.1, 0.15) is 97.2 Å². The second-order valence-electron chi connectivity index (χ2n) is 25.6. The molecule has 0 fully saturated rings. The van der Waals surface area contributed by atoms with E-state index in [1.165, 1.54) is 116 Å². The molecule has 0 saturated heterocycles. The number of benzene rings is 12. The predicted molar refractivity (Wildman–Crippen MR) is 352 cm³/mol. The maximum absolute atomic E-state index is 2.56. The molecule has 0 N–H and O–H groups in total. The van der Waals surface area contributed by atoms with Gasteiger partial charge < -0.3 is 9.47 Å². The van der Waals surface area contributed by atoms with Crippen LogP contribution in [0.25, 0.3) is 72.0 Å². The highest BCUT2D eigenvalue weighted by Gasteiger charge is 2.53. The Morgan fingerprint density at radius 3 is 1.25 bits per heavy atom. The maximum atomic E-state index is 2.56. The normalized spacial score (nSPS) is 14.0. The Kier molecular flexibility index (Phi) is 10.9. The van der Waals surface area contributed by atoms with Crippen LogP contribution in [-0.2, 0) is 21.7 Å². The smallest absolute Gasteiger partial charge is 0.0726 e. The molecular weight excluding hydrogens is 1010 g/mol. The molecule has 0 saturated carbocycles. The van der Waals surface area contributed by atoms with Crippen LogP contribution < -0.4 is 4.90 Å². The van der Waals surface area contributed by atoms with Gasteiger partial charge in [0.1, 0.15) is 0 Å². The summed E-state index contributed by atoms with van der Waals surface area (Å²) < 4.78 is 2.46. The third-order valence-electron chi connectivity index (χ3n) is 19.0. The van der Waals surface area contributed by atoms with E-state index >= 15 is 0 Å². The lowest BCUT2D eigenvalue weighted by molar-refractivity contribution is 0.586. The lowest BCUT2D eigenvalue weighted by atomic mass is 9.67. The summed E-state index contributed by atoms with van der Waals surface area (Å²) in [4.78, 5) is 2.52. The molecule has 1 heterocycles. The van der Waals surface area contributed by atoms with Gasteiger partial charge in [0.15, 0.2) is 0 Å². The lowest BCUT2D eigenvalue weighted by Crippen LogP contribution is -2.28. The third-order valence-corrected chi connectivity index (χ3v) is 19.0. The van der Waals surface area contributed by atoms with Crippen molar-refractivity contribution in [1.29, 1.82) is 0 Å². The highest BCUT2D eigenvalue weighted by Crippen LogP contribution is 2.64. The molecule has 13 aromatic rings. The van der Waals surface area contributed by atoms with Crippen LogP contribution in [-0.4, -0.2) is 4.57 Å². The van der Waals surface area contributed by atoms with Gasteiger partial charge in [-0.2, -0.15) is 0 Å². The van der Waals surface area contributed by atoms with Gasteiger partial charge in [0.05, 0.1) is 21.9 Å². The highest BCUT2D eigenvalue weighted by atomic mass is 15.1. The van der Waals surface area contributed by atoms with Crippen molar-refractivity contribution >= 4 is 38.9 Å². The first-order valence-electron chi connectivity index (χ1n) is 29.8. The maximum Gasteiger partial charge on any atom is 0.0726 e. The minimum absolute atomic E-state index is 0.0513. The van der Waals surface area contributed by atoms with E-state index < -0.39 is 10.8 Å². The topological polar surface area (TPSA) is 8.17 Å². The largest absolute Gasteiger partial charge is 0.310 e. The molecule has 12 aromatic carbocycles. The van der Waals surface area contributed by atoms with Gasteiger partial charge in [0.2, 0.25) is 0 Å². The summed E-state index contributed by atoms with van der Waals surface area (Å²) >= 11 is 0. The Hall–Kier alpha value is -9.76. The fourth-order valence-electron chi connectivity index (χ4n) is 15.1. The average molecular weight is 1080 g/mol. The molecule has 0 radical (unpaired) electrons. The number of anilines is 3. The van der Waals surface area contributed by atoms with Crippen LogP contribution in [0.2, 0.25) is 0 Å². The van der Waals surface area contributed by atoms with Crippen molar-refractivity contribution in [3.8, 4) is 50.2 Å². The summed E-state index contributed by atoms with van der Waals surface area (Å²) in [6.45, 7) is 14.1. The van der Waals surface area contributed by atoms with Crippen molar-refractivity contribution in [2.45, 2.75) is 63.2 Å². The van der Waals surface area contributed by atoms with E-state index in [0.717, 1.165) is 28.3 Å². The van der Waals surface area contributed by atoms with E-state index in [1.54, 1.807) is 0 Å². The number of hydrogen-bond donors (Lipinski definition) is 0. The highest BCUT2D eigenvalue weighted by molar-refractivity contribution is 6.11. The standard InChI is InChI=1S/C82H64N2/c1-79(2,3)56-36-43-66-67-44-37-57(80(4,5)6)50-75(67)82(74(66)49-56)73-33-21-18-30-65(73)68-45-41-62(52-76(68)82)83(60-39-34-54(35-40-60)53-22-10-7-11-23-53)61-42-47-78-70(51-61)69-48-58(38-46-77(69)84(78)59-26-14-9-15-27-59)81(55-24-12-8-13-25-55)71-31-19-16-28-63(71)64-29-17-20-32-72(64)81/h7-52H,1-6H3. The van der Waals surface area contributed by atoms with Crippen molar-refractivity contribution in [2.75, 3.05) is 4.90 Å². The molecule has 2 nitrogen and oxygen atoms in total. The van der Waals surface area contributed by atoms with E-state index in [-0.39, 0.29) is 10.8 Å². The van der Waals surface area contributed by atoms with Crippen LogP contribution in [0.4, 0.5) is 17.1 Å². The van der Waals surface area contributed by atoms with Gasteiger partial charge in [-0.15, -0.1) is 0 Å². The van der Waals surface area contributed by atoms with E-state index in [4.69, 9.17) is 0 Å². The monoisotopic (exact) mass is 1080 g/mol. The number of nitrogens with zero attached hydrogens (tertiary/aromatic N) is 2. The Morgan fingerprint density at radius 2 is 0.690 bits per heavy atom. The van der Waals surface area contributed by atoms with Crippen LogP contribution in [0, 0.1) is 0 Å². The van der Waals surface area contributed by atoms with Gasteiger partial charge >= 0.3 is 0 Å². The molecule has 2 heteroatoms. The fourth-order valence-corrected chi connectivity index (χ4v) is 15.1. The molecule has 0 amide bonds. The van der Waals surface area contributed by atoms with Crippen LogP contribution in [0.3, 0.4) is 0 Å². The van der Waals surface area contributed by atoms with Gasteiger partial charge in [-0.05, 0) is 178 Å². The number of para-hydroxylation sites is 1. The first kappa shape index (κ1) is 50.0. The summed E-state index contributed by atoms with van der Waals surface area (Å²) in [5.41, 5.74) is 28.9. The molecule has 3 aliphatic rings. The second kappa shape index (κ2) is 18.4. The average Bonchev–Trinajstić information content (AvgIpc) is 1.56. The van der Waals surface area contributed by atoms with Gasteiger partial charge in [-0.3, -0.25) is 0 Å². The minimum Gasteiger partial charge on any atom is -0.310 e. The number of rotatable bonds is 7. The zero-order chi connectivity index (χ0) is 56.7. The van der Waals surface area contributed by atoms with E-state index in [9.17, 15) is 0 Å². The van der Waals surface area contributed by atoms with Crippen molar-refractivity contribution in [3.05, 3.63) is 335 Å².